The van der Waals surface area contributed by atoms with Gasteiger partial charge in [0.1, 0.15) is 12.3 Å². The number of hydrogen-bond donors (Lipinski definition) is 1. The fraction of sp³-hybridized carbons (Fsp3) is 0.250. The van der Waals surface area contributed by atoms with Gasteiger partial charge in [-0.15, -0.1) is 5.10 Å². The van der Waals surface area contributed by atoms with E-state index in [9.17, 15) is 4.79 Å². The molecule has 0 spiro atoms. The molecule has 3 aromatic rings. The van der Waals surface area contributed by atoms with Crippen molar-refractivity contribution in [1.82, 2.24) is 25.5 Å². The Morgan fingerprint density at radius 1 is 1.27 bits per heavy atom. The summed E-state index contributed by atoms with van der Waals surface area (Å²) in [6.07, 6.45) is 1.59. The molecule has 2 aromatic heterocycles. The Labute approximate surface area is 152 Å². The van der Waals surface area contributed by atoms with Gasteiger partial charge in [-0.1, -0.05) is 17.8 Å². The van der Waals surface area contributed by atoms with Crippen LogP contribution in [0.4, 0.5) is 0 Å². The summed E-state index contributed by atoms with van der Waals surface area (Å²) in [5.74, 6) is 2.26. The fourth-order valence-electron chi connectivity index (χ4n) is 2.38. The molecular formula is C16H15N5O4S. The smallest absolute Gasteiger partial charge is 0.231 e. The summed E-state index contributed by atoms with van der Waals surface area (Å²) in [5.41, 5.74) is 0.940. The fourth-order valence-corrected chi connectivity index (χ4v) is 3.09. The molecule has 1 aliphatic rings. The number of nitrogens with one attached hydrogen (secondary N) is 1. The molecular weight excluding hydrogens is 358 g/mol. The number of thioether (sulfide) groups is 1. The standard InChI is InChI=1S/C16H15N5O4S/c22-15(17-7-11-3-4-13-14(6-11)25-10-24-13)9-26-16-18-19-20-21(16)8-12-2-1-5-23-12/h1-6H,7-10H2,(H,17,22). The molecule has 26 heavy (non-hydrogen) atoms. The zero-order valence-corrected chi connectivity index (χ0v) is 14.4. The molecule has 4 rings (SSSR count). The van der Waals surface area contributed by atoms with Crippen molar-refractivity contribution in [2.45, 2.75) is 18.2 Å². The van der Waals surface area contributed by atoms with Crippen LogP contribution in [-0.2, 0) is 17.9 Å². The van der Waals surface area contributed by atoms with Gasteiger partial charge < -0.3 is 19.2 Å². The lowest BCUT2D eigenvalue weighted by Crippen LogP contribution is -2.24. The summed E-state index contributed by atoms with van der Waals surface area (Å²) in [7, 11) is 0. The third-order valence-corrected chi connectivity index (χ3v) is 4.60. The zero-order chi connectivity index (χ0) is 17.8. The predicted molar refractivity (Wildman–Crippen MR) is 90.8 cm³/mol. The van der Waals surface area contributed by atoms with Crippen LogP contribution in [0.1, 0.15) is 11.3 Å². The van der Waals surface area contributed by atoms with Gasteiger partial charge in [0.25, 0.3) is 0 Å². The van der Waals surface area contributed by atoms with Gasteiger partial charge in [0, 0.05) is 6.54 Å². The quantitative estimate of drug-likeness (QED) is 0.621. The molecule has 1 N–H and O–H groups in total. The van der Waals surface area contributed by atoms with Crippen LogP contribution >= 0.6 is 11.8 Å². The maximum Gasteiger partial charge on any atom is 0.231 e. The van der Waals surface area contributed by atoms with Gasteiger partial charge in [-0.05, 0) is 40.3 Å². The Balaban J connectivity index is 1.27. The SMILES string of the molecule is O=C(CSc1nnnn1Cc1ccco1)NCc1ccc2c(c1)OCO2. The van der Waals surface area contributed by atoms with Gasteiger partial charge in [0.15, 0.2) is 11.5 Å². The number of benzene rings is 1. The number of hydrogen-bond acceptors (Lipinski definition) is 8. The van der Waals surface area contributed by atoms with Crippen LogP contribution in [0.2, 0.25) is 0 Å². The van der Waals surface area contributed by atoms with Crippen LogP contribution in [0.5, 0.6) is 11.5 Å². The van der Waals surface area contributed by atoms with Gasteiger partial charge in [-0.3, -0.25) is 4.79 Å². The maximum atomic E-state index is 12.1. The number of ether oxygens (including phenoxy) is 2. The monoisotopic (exact) mass is 373 g/mol. The van der Waals surface area contributed by atoms with Crippen molar-refractivity contribution in [3.8, 4) is 11.5 Å². The Bertz CT molecular complexity index is 896. The van der Waals surface area contributed by atoms with Crippen LogP contribution in [0.25, 0.3) is 0 Å². The Morgan fingerprint density at radius 2 is 2.19 bits per heavy atom. The third-order valence-electron chi connectivity index (χ3n) is 3.64. The summed E-state index contributed by atoms with van der Waals surface area (Å²) in [4.78, 5) is 12.1. The number of nitrogens with zero attached hydrogens (tertiary/aromatic N) is 4. The highest BCUT2D eigenvalue weighted by atomic mass is 32.2. The van der Waals surface area contributed by atoms with Crippen molar-refractivity contribution in [3.63, 3.8) is 0 Å². The van der Waals surface area contributed by atoms with Crippen molar-refractivity contribution < 1.29 is 18.7 Å². The molecule has 0 saturated carbocycles. The van der Waals surface area contributed by atoms with E-state index < -0.39 is 0 Å². The topological polar surface area (TPSA) is 104 Å². The number of amides is 1. The van der Waals surface area contributed by atoms with Crippen LogP contribution in [-0.4, -0.2) is 38.7 Å². The molecule has 134 valence electrons. The van der Waals surface area contributed by atoms with E-state index in [0.717, 1.165) is 17.1 Å². The average Bonchev–Trinajstić information content (AvgIpc) is 3.40. The van der Waals surface area contributed by atoms with Crippen LogP contribution < -0.4 is 14.8 Å². The van der Waals surface area contributed by atoms with Gasteiger partial charge in [-0.25, -0.2) is 4.68 Å². The Morgan fingerprint density at radius 3 is 3.08 bits per heavy atom. The van der Waals surface area contributed by atoms with Gasteiger partial charge in [-0.2, -0.15) is 0 Å². The molecule has 1 aliphatic heterocycles. The normalized spacial score (nSPS) is 12.3. The minimum Gasteiger partial charge on any atom is -0.467 e. The molecule has 9 nitrogen and oxygen atoms in total. The predicted octanol–water partition coefficient (Wildman–Crippen LogP) is 1.45. The second-order valence-electron chi connectivity index (χ2n) is 5.45. The number of carbonyl (C=O) groups excluding carboxylic acids is 1. The van der Waals surface area contributed by atoms with Gasteiger partial charge in [0.05, 0.1) is 12.0 Å². The van der Waals surface area contributed by atoms with E-state index >= 15 is 0 Å². The van der Waals surface area contributed by atoms with E-state index in [1.54, 1.807) is 17.0 Å². The van der Waals surface area contributed by atoms with Gasteiger partial charge >= 0.3 is 0 Å². The van der Waals surface area contributed by atoms with Crippen molar-refractivity contribution in [2.75, 3.05) is 12.5 Å². The highest BCUT2D eigenvalue weighted by molar-refractivity contribution is 7.99. The van der Waals surface area contributed by atoms with E-state index in [4.69, 9.17) is 13.9 Å². The number of fused-ring (bicyclic) bond motifs is 1. The Kier molecular flexibility index (Phi) is 4.73. The second-order valence-corrected chi connectivity index (χ2v) is 6.39. The highest BCUT2D eigenvalue weighted by Crippen LogP contribution is 2.32. The molecule has 0 unspecified atom stereocenters. The average molecular weight is 373 g/mol. The summed E-state index contributed by atoms with van der Waals surface area (Å²) >= 11 is 1.27. The maximum absolute atomic E-state index is 12.1. The number of rotatable bonds is 7. The van der Waals surface area contributed by atoms with Crippen LogP contribution in [0, 0.1) is 0 Å². The first-order valence-electron chi connectivity index (χ1n) is 7.84. The number of tetrazole rings is 1. The second kappa shape index (κ2) is 7.48. The van der Waals surface area contributed by atoms with Crippen molar-refractivity contribution in [2.24, 2.45) is 0 Å². The van der Waals surface area contributed by atoms with Gasteiger partial charge in [0.2, 0.25) is 17.9 Å². The van der Waals surface area contributed by atoms with Crippen LogP contribution in [0.3, 0.4) is 0 Å². The molecule has 1 aromatic carbocycles. The lowest BCUT2D eigenvalue weighted by molar-refractivity contribution is -0.118. The first kappa shape index (κ1) is 16.5. The summed E-state index contributed by atoms with van der Waals surface area (Å²) < 4.78 is 17.5. The molecule has 0 radical (unpaired) electrons. The van der Waals surface area contributed by atoms with Crippen molar-refractivity contribution in [1.29, 1.82) is 0 Å². The lowest BCUT2D eigenvalue weighted by atomic mass is 10.2. The molecule has 0 bridgehead atoms. The molecule has 0 fully saturated rings. The molecule has 0 aliphatic carbocycles. The molecule has 0 saturated heterocycles. The molecule has 1 amide bonds. The molecule has 10 heteroatoms. The largest absolute Gasteiger partial charge is 0.467 e. The Hall–Kier alpha value is -3.01. The first-order valence-corrected chi connectivity index (χ1v) is 8.83. The number of furan rings is 1. The third kappa shape index (κ3) is 3.80. The summed E-state index contributed by atoms with van der Waals surface area (Å²) in [6, 6.07) is 9.23. The minimum atomic E-state index is -0.111. The lowest BCUT2D eigenvalue weighted by Gasteiger charge is -2.06. The highest BCUT2D eigenvalue weighted by Gasteiger charge is 2.14. The first-order chi connectivity index (χ1) is 12.8. The summed E-state index contributed by atoms with van der Waals surface area (Å²) in [5, 5.41) is 14.9. The van der Waals surface area contributed by atoms with E-state index in [1.165, 1.54) is 11.8 Å². The van der Waals surface area contributed by atoms with Crippen molar-refractivity contribution >= 4 is 17.7 Å². The van der Waals surface area contributed by atoms with E-state index in [0.29, 0.717) is 24.0 Å². The minimum absolute atomic E-state index is 0.111. The molecule has 0 atom stereocenters. The zero-order valence-electron chi connectivity index (χ0n) is 13.6. The summed E-state index contributed by atoms with van der Waals surface area (Å²) in [6.45, 7) is 1.06. The number of carbonyl (C=O) groups is 1. The van der Waals surface area contributed by atoms with Crippen LogP contribution in [0.15, 0.2) is 46.2 Å². The number of aromatic nitrogens is 4. The van der Waals surface area contributed by atoms with E-state index in [-0.39, 0.29) is 18.5 Å². The molecule has 3 heterocycles. The van der Waals surface area contributed by atoms with E-state index in [2.05, 4.69) is 20.8 Å². The van der Waals surface area contributed by atoms with Crippen molar-refractivity contribution in [3.05, 3.63) is 47.9 Å². The van der Waals surface area contributed by atoms with E-state index in [1.807, 2.05) is 24.3 Å².